The molecule has 0 aromatic heterocycles. The summed E-state index contributed by atoms with van der Waals surface area (Å²) < 4.78 is 17.1. The molecule has 26 heavy (non-hydrogen) atoms. The van der Waals surface area contributed by atoms with Crippen LogP contribution in [0.1, 0.15) is 19.4 Å². The average Bonchev–Trinajstić information content (AvgIpc) is 2.62. The summed E-state index contributed by atoms with van der Waals surface area (Å²) >= 11 is 0. The van der Waals surface area contributed by atoms with Gasteiger partial charge in [0.25, 0.3) is 5.91 Å². The normalized spacial score (nSPS) is 19.9. The Morgan fingerprint density at radius 1 is 0.962 bits per heavy atom. The quantitative estimate of drug-likeness (QED) is 0.818. The minimum absolute atomic E-state index is 0.0213. The number of ether oxygens (including phenoxy) is 3. The van der Waals surface area contributed by atoms with E-state index in [2.05, 4.69) is 0 Å². The smallest absolute Gasteiger partial charge is 0.260 e. The van der Waals surface area contributed by atoms with Gasteiger partial charge in [0, 0.05) is 13.1 Å². The number of carbonyl (C=O) groups is 1. The Morgan fingerprint density at radius 3 is 2.04 bits per heavy atom. The Hall–Kier alpha value is -2.53. The van der Waals surface area contributed by atoms with Crippen LogP contribution in [0.2, 0.25) is 0 Å². The van der Waals surface area contributed by atoms with E-state index < -0.39 is 0 Å². The minimum Gasteiger partial charge on any atom is -0.484 e. The Balaban J connectivity index is 1.51. The maximum absolute atomic E-state index is 12.3. The van der Waals surface area contributed by atoms with Crippen LogP contribution >= 0.6 is 0 Å². The van der Waals surface area contributed by atoms with Gasteiger partial charge in [0.1, 0.15) is 17.2 Å². The van der Waals surface area contributed by atoms with Gasteiger partial charge in [-0.05, 0) is 57.2 Å². The van der Waals surface area contributed by atoms with Crippen molar-refractivity contribution in [2.24, 2.45) is 0 Å². The lowest BCUT2D eigenvalue weighted by atomic mass is 10.2. The van der Waals surface area contributed by atoms with Gasteiger partial charge in [0.05, 0.1) is 12.2 Å². The lowest BCUT2D eigenvalue weighted by molar-refractivity contribution is -0.145. The molecular formula is C21H25NO4. The van der Waals surface area contributed by atoms with Crippen LogP contribution in [-0.2, 0) is 9.53 Å². The van der Waals surface area contributed by atoms with E-state index in [1.807, 2.05) is 57.2 Å². The van der Waals surface area contributed by atoms with Gasteiger partial charge in [0.15, 0.2) is 6.61 Å². The highest BCUT2D eigenvalue weighted by molar-refractivity contribution is 5.78. The highest BCUT2D eigenvalue weighted by Crippen LogP contribution is 2.24. The Labute approximate surface area is 154 Å². The molecule has 1 aliphatic rings. The van der Waals surface area contributed by atoms with Gasteiger partial charge >= 0.3 is 0 Å². The van der Waals surface area contributed by atoms with E-state index in [1.165, 1.54) is 5.56 Å². The molecule has 3 rings (SSSR count). The lowest BCUT2D eigenvalue weighted by Gasteiger charge is -2.35. The van der Waals surface area contributed by atoms with E-state index in [-0.39, 0.29) is 24.7 Å². The van der Waals surface area contributed by atoms with E-state index in [9.17, 15) is 4.79 Å². The molecule has 0 aliphatic carbocycles. The number of nitrogens with zero attached hydrogens (tertiary/aromatic N) is 1. The van der Waals surface area contributed by atoms with Crippen LogP contribution in [0.3, 0.4) is 0 Å². The Kier molecular flexibility index (Phi) is 5.78. The van der Waals surface area contributed by atoms with Crippen molar-refractivity contribution in [2.45, 2.75) is 33.0 Å². The van der Waals surface area contributed by atoms with Crippen LogP contribution < -0.4 is 9.47 Å². The van der Waals surface area contributed by atoms with Crippen LogP contribution in [0.4, 0.5) is 0 Å². The molecule has 1 heterocycles. The van der Waals surface area contributed by atoms with Gasteiger partial charge in [0.2, 0.25) is 0 Å². The molecule has 1 saturated heterocycles. The molecule has 0 spiro atoms. The van der Waals surface area contributed by atoms with E-state index in [4.69, 9.17) is 14.2 Å². The highest BCUT2D eigenvalue weighted by Gasteiger charge is 2.25. The first-order valence-corrected chi connectivity index (χ1v) is 8.90. The third kappa shape index (κ3) is 4.99. The monoisotopic (exact) mass is 355 g/mol. The summed E-state index contributed by atoms with van der Waals surface area (Å²) in [5, 5.41) is 0. The Bertz CT molecular complexity index is 717. The first-order chi connectivity index (χ1) is 12.5. The fraction of sp³-hybridized carbons (Fsp3) is 0.381. The van der Waals surface area contributed by atoms with Crippen molar-refractivity contribution in [3.8, 4) is 17.2 Å². The second kappa shape index (κ2) is 8.23. The summed E-state index contributed by atoms with van der Waals surface area (Å²) in [6.07, 6.45) is 0.113. The zero-order valence-electron chi connectivity index (χ0n) is 15.5. The SMILES string of the molecule is Cc1ccc(Oc2ccc(OCC(=O)N3CC(C)OC(C)C3)cc2)cc1. The lowest BCUT2D eigenvalue weighted by Crippen LogP contribution is -2.49. The van der Waals surface area contributed by atoms with Gasteiger partial charge in [-0.3, -0.25) is 4.79 Å². The first kappa shape index (κ1) is 18.3. The number of hydrogen-bond acceptors (Lipinski definition) is 4. The van der Waals surface area contributed by atoms with Gasteiger partial charge in [-0.2, -0.15) is 0 Å². The molecular weight excluding hydrogens is 330 g/mol. The van der Waals surface area contributed by atoms with Crippen LogP contribution in [0, 0.1) is 6.92 Å². The summed E-state index contributed by atoms with van der Waals surface area (Å²) in [4.78, 5) is 14.1. The molecule has 0 N–H and O–H groups in total. The summed E-state index contributed by atoms with van der Waals surface area (Å²) in [6.45, 7) is 7.23. The molecule has 0 saturated carbocycles. The van der Waals surface area contributed by atoms with Gasteiger partial charge in [-0.1, -0.05) is 17.7 Å². The second-order valence-electron chi connectivity index (χ2n) is 6.73. The highest BCUT2D eigenvalue weighted by atomic mass is 16.5. The number of morpholine rings is 1. The van der Waals surface area contributed by atoms with Crippen molar-refractivity contribution in [3.63, 3.8) is 0 Å². The number of benzene rings is 2. The molecule has 1 aliphatic heterocycles. The average molecular weight is 355 g/mol. The van der Waals surface area contributed by atoms with Crippen molar-refractivity contribution in [1.82, 2.24) is 4.90 Å². The van der Waals surface area contributed by atoms with Crippen molar-refractivity contribution >= 4 is 5.91 Å². The van der Waals surface area contributed by atoms with Crippen molar-refractivity contribution in [3.05, 3.63) is 54.1 Å². The molecule has 2 aromatic rings. The molecule has 2 unspecified atom stereocenters. The van der Waals surface area contributed by atoms with Crippen LogP contribution in [-0.4, -0.2) is 42.7 Å². The number of rotatable bonds is 5. The molecule has 0 bridgehead atoms. The maximum atomic E-state index is 12.3. The zero-order chi connectivity index (χ0) is 18.5. The number of aryl methyl sites for hydroxylation is 1. The standard InChI is InChI=1S/C21H25NO4/c1-15-4-6-19(7-5-15)26-20-10-8-18(9-11-20)24-14-21(23)22-12-16(2)25-17(3)13-22/h4-11,16-17H,12-14H2,1-3H3. The fourth-order valence-corrected chi connectivity index (χ4v) is 2.96. The van der Waals surface area contributed by atoms with Crippen molar-refractivity contribution in [2.75, 3.05) is 19.7 Å². The summed E-state index contributed by atoms with van der Waals surface area (Å²) in [5.41, 5.74) is 1.19. The third-order valence-corrected chi connectivity index (χ3v) is 4.22. The van der Waals surface area contributed by atoms with Gasteiger partial charge in [-0.15, -0.1) is 0 Å². The fourth-order valence-electron chi connectivity index (χ4n) is 2.96. The van der Waals surface area contributed by atoms with E-state index in [0.29, 0.717) is 18.8 Å². The van der Waals surface area contributed by atoms with Crippen LogP contribution in [0.5, 0.6) is 17.2 Å². The first-order valence-electron chi connectivity index (χ1n) is 8.90. The van der Waals surface area contributed by atoms with Crippen molar-refractivity contribution in [1.29, 1.82) is 0 Å². The predicted molar refractivity (Wildman–Crippen MR) is 99.8 cm³/mol. The second-order valence-corrected chi connectivity index (χ2v) is 6.73. The van der Waals surface area contributed by atoms with Gasteiger partial charge < -0.3 is 19.1 Å². The number of carbonyl (C=O) groups excluding carboxylic acids is 1. The number of hydrogen-bond donors (Lipinski definition) is 0. The molecule has 2 atom stereocenters. The minimum atomic E-state index is -0.0213. The maximum Gasteiger partial charge on any atom is 0.260 e. The van der Waals surface area contributed by atoms with E-state index in [1.54, 1.807) is 17.0 Å². The molecule has 1 fully saturated rings. The molecule has 138 valence electrons. The molecule has 5 heteroatoms. The van der Waals surface area contributed by atoms with Crippen molar-refractivity contribution < 1.29 is 19.0 Å². The van der Waals surface area contributed by atoms with E-state index >= 15 is 0 Å². The Morgan fingerprint density at radius 2 is 1.46 bits per heavy atom. The predicted octanol–water partition coefficient (Wildman–Crippen LogP) is 3.80. The number of amides is 1. The molecule has 0 radical (unpaired) electrons. The largest absolute Gasteiger partial charge is 0.484 e. The topological polar surface area (TPSA) is 48.0 Å². The molecule has 1 amide bonds. The summed E-state index contributed by atoms with van der Waals surface area (Å²) in [6, 6.07) is 15.2. The molecule has 5 nitrogen and oxygen atoms in total. The summed E-state index contributed by atoms with van der Waals surface area (Å²) in [7, 11) is 0. The zero-order valence-corrected chi connectivity index (χ0v) is 15.5. The third-order valence-electron chi connectivity index (χ3n) is 4.22. The van der Waals surface area contributed by atoms with Crippen LogP contribution in [0.15, 0.2) is 48.5 Å². The van der Waals surface area contributed by atoms with Gasteiger partial charge in [-0.25, -0.2) is 0 Å². The summed E-state index contributed by atoms with van der Waals surface area (Å²) in [5.74, 6) is 2.13. The molecule has 2 aromatic carbocycles. The van der Waals surface area contributed by atoms with Crippen LogP contribution in [0.25, 0.3) is 0 Å². The van der Waals surface area contributed by atoms with E-state index in [0.717, 1.165) is 11.5 Å².